The van der Waals surface area contributed by atoms with Crippen LogP contribution in [-0.2, 0) is 6.42 Å². The molecule has 2 aromatic rings. The Morgan fingerprint density at radius 2 is 1.56 bits per heavy atom. The van der Waals surface area contributed by atoms with E-state index >= 15 is 0 Å². The van der Waals surface area contributed by atoms with Gasteiger partial charge in [-0.25, -0.2) is 0 Å². The normalized spacial score (nSPS) is 11.8. The van der Waals surface area contributed by atoms with Gasteiger partial charge in [0.2, 0.25) is 0 Å². The van der Waals surface area contributed by atoms with Crippen LogP contribution in [0.2, 0.25) is 0 Å². The Bertz CT molecular complexity index is 556. The van der Waals surface area contributed by atoms with E-state index in [1.54, 1.807) is 0 Å². The Hall–Kier alpha value is -1.32. The van der Waals surface area contributed by atoms with Gasteiger partial charge in [-0.15, -0.1) is 0 Å². The highest BCUT2D eigenvalue weighted by molar-refractivity contribution is 6.62. The molecule has 0 bridgehead atoms. The molecule has 0 radical (unpaired) electrons. The molecule has 0 saturated carbocycles. The van der Waals surface area contributed by atoms with Crippen LogP contribution in [0.4, 0.5) is 0 Å². The summed E-state index contributed by atoms with van der Waals surface area (Å²) in [4.78, 5) is 0. The largest absolute Gasteiger partial charge is 0.489 e. The van der Waals surface area contributed by atoms with Crippen molar-refractivity contribution < 1.29 is 10.0 Å². The fourth-order valence-corrected chi connectivity index (χ4v) is 2.34. The number of hydrogen-bond donors (Lipinski definition) is 2. The highest BCUT2D eigenvalue weighted by atomic mass is 16.4. The molecule has 18 heavy (non-hydrogen) atoms. The lowest BCUT2D eigenvalue weighted by Crippen LogP contribution is -2.30. The summed E-state index contributed by atoms with van der Waals surface area (Å²) in [5.41, 5.74) is 2.04. The zero-order chi connectivity index (χ0) is 13.3. The van der Waals surface area contributed by atoms with Crippen molar-refractivity contribution in [2.24, 2.45) is 5.41 Å². The van der Waals surface area contributed by atoms with E-state index in [0.29, 0.717) is 5.46 Å². The van der Waals surface area contributed by atoms with Gasteiger partial charge in [-0.3, -0.25) is 0 Å². The Morgan fingerprint density at radius 1 is 0.944 bits per heavy atom. The van der Waals surface area contributed by atoms with Crippen molar-refractivity contribution in [1.82, 2.24) is 0 Å². The average molecular weight is 242 g/mol. The summed E-state index contributed by atoms with van der Waals surface area (Å²) in [5, 5.41) is 20.8. The van der Waals surface area contributed by atoms with Gasteiger partial charge in [0.15, 0.2) is 0 Å². The van der Waals surface area contributed by atoms with Crippen LogP contribution in [0.25, 0.3) is 10.8 Å². The van der Waals surface area contributed by atoms with Crippen LogP contribution in [0.5, 0.6) is 0 Å². The van der Waals surface area contributed by atoms with Crippen LogP contribution in [0.1, 0.15) is 26.3 Å². The van der Waals surface area contributed by atoms with Crippen molar-refractivity contribution in [1.29, 1.82) is 0 Å². The van der Waals surface area contributed by atoms with Crippen molar-refractivity contribution in [3.63, 3.8) is 0 Å². The van der Waals surface area contributed by atoms with Gasteiger partial charge in [0.05, 0.1) is 0 Å². The molecule has 0 aromatic heterocycles. The lowest BCUT2D eigenvalue weighted by atomic mass is 9.75. The van der Waals surface area contributed by atoms with Crippen LogP contribution in [0.15, 0.2) is 36.4 Å². The lowest BCUT2D eigenvalue weighted by molar-refractivity contribution is 0.412. The molecule has 0 amide bonds. The van der Waals surface area contributed by atoms with Crippen LogP contribution in [0.3, 0.4) is 0 Å². The lowest BCUT2D eigenvalue weighted by Gasteiger charge is -2.20. The van der Waals surface area contributed by atoms with Gasteiger partial charge in [0.1, 0.15) is 0 Å². The van der Waals surface area contributed by atoms with Gasteiger partial charge in [-0.2, -0.15) is 0 Å². The van der Waals surface area contributed by atoms with Crippen molar-refractivity contribution in [2.75, 3.05) is 0 Å². The summed E-state index contributed by atoms with van der Waals surface area (Å²) in [5.74, 6) is 0. The summed E-state index contributed by atoms with van der Waals surface area (Å²) in [7, 11) is -1.42. The third-order valence-corrected chi connectivity index (χ3v) is 3.05. The highest BCUT2D eigenvalue weighted by Crippen LogP contribution is 2.25. The molecular weight excluding hydrogens is 223 g/mol. The van der Waals surface area contributed by atoms with Crippen LogP contribution >= 0.6 is 0 Å². The average Bonchev–Trinajstić information content (AvgIpc) is 2.27. The first-order valence-electron chi connectivity index (χ1n) is 6.25. The molecule has 0 saturated heterocycles. The van der Waals surface area contributed by atoms with Crippen molar-refractivity contribution in [2.45, 2.75) is 27.2 Å². The zero-order valence-electron chi connectivity index (χ0n) is 11.1. The fraction of sp³-hybridized carbons (Fsp3) is 0.333. The maximum Gasteiger partial charge on any atom is 0.489 e. The molecule has 0 aliphatic rings. The summed E-state index contributed by atoms with van der Waals surface area (Å²) < 4.78 is 0. The monoisotopic (exact) mass is 242 g/mol. The second-order valence-corrected chi connectivity index (χ2v) is 5.97. The van der Waals surface area contributed by atoms with Gasteiger partial charge in [0.25, 0.3) is 0 Å². The molecule has 2 rings (SSSR count). The Balaban J connectivity index is 2.61. The molecule has 0 fully saturated rings. The second kappa shape index (κ2) is 4.75. The number of hydrogen-bond acceptors (Lipinski definition) is 2. The summed E-state index contributed by atoms with van der Waals surface area (Å²) in [6.07, 6.45) is 0.968. The maximum atomic E-state index is 9.40. The topological polar surface area (TPSA) is 40.5 Å². The molecular formula is C15H19BO2. The predicted octanol–water partition coefficient (Wildman–Crippen LogP) is 2.11. The van der Waals surface area contributed by atoms with E-state index in [2.05, 4.69) is 20.8 Å². The van der Waals surface area contributed by atoms with Crippen molar-refractivity contribution in [3.05, 3.63) is 42.0 Å². The molecule has 0 atom stereocenters. The van der Waals surface area contributed by atoms with E-state index in [1.807, 2.05) is 36.4 Å². The molecule has 94 valence electrons. The molecule has 2 aromatic carbocycles. The highest BCUT2D eigenvalue weighted by Gasteiger charge is 2.18. The van der Waals surface area contributed by atoms with E-state index in [9.17, 15) is 10.0 Å². The van der Waals surface area contributed by atoms with E-state index in [4.69, 9.17) is 0 Å². The molecule has 0 unspecified atom stereocenters. The fourth-order valence-electron chi connectivity index (χ4n) is 2.34. The third kappa shape index (κ3) is 2.74. The zero-order valence-corrected chi connectivity index (χ0v) is 11.1. The van der Waals surface area contributed by atoms with Crippen molar-refractivity contribution in [3.8, 4) is 0 Å². The van der Waals surface area contributed by atoms with Crippen LogP contribution in [0, 0.1) is 5.41 Å². The first-order valence-corrected chi connectivity index (χ1v) is 6.25. The molecule has 2 N–H and O–H groups in total. The minimum atomic E-state index is -1.42. The molecule has 0 spiro atoms. The first-order chi connectivity index (χ1) is 8.38. The van der Waals surface area contributed by atoms with Gasteiger partial charge in [-0.05, 0) is 33.6 Å². The Kier molecular flexibility index (Phi) is 3.46. The minimum absolute atomic E-state index is 0.210. The molecule has 0 aliphatic carbocycles. The van der Waals surface area contributed by atoms with Gasteiger partial charge in [0, 0.05) is 0 Å². The van der Waals surface area contributed by atoms with E-state index < -0.39 is 7.12 Å². The van der Waals surface area contributed by atoms with Gasteiger partial charge >= 0.3 is 7.12 Å². The van der Waals surface area contributed by atoms with Crippen LogP contribution < -0.4 is 5.46 Å². The van der Waals surface area contributed by atoms with E-state index in [0.717, 1.165) is 17.2 Å². The second-order valence-electron chi connectivity index (χ2n) is 5.97. The minimum Gasteiger partial charge on any atom is -0.423 e. The number of rotatable bonds is 2. The molecule has 0 heterocycles. The van der Waals surface area contributed by atoms with Crippen LogP contribution in [-0.4, -0.2) is 17.2 Å². The Morgan fingerprint density at radius 3 is 2.11 bits per heavy atom. The molecule has 0 aliphatic heterocycles. The van der Waals surface area contributed by atoms with Gasteiger partial charge in [-0.1, -0.05) is 57.2 Å². The van der Waals surface area contributed by atoms with E-state index in [-0.39, 0.29) is 5.41 Å². The SMILES string of the molecule is CC(C)(C)Cc1ccc(B(O)O)c2ccccc12. The number of benzene rings is 2. The quantitative estimate of drug-likeness (QED) is 0.792. The maximum absolute atomic E-state index is 9.40. The van der Waals surface area contributed by atoms with Crippen molar-refractivity contribution >= 4 is 23.4 Å². The van der Waals surface area contributed by atoms with Gasteiger partial charge < -0.3 is 10.0 Å². The summed E-state index contributed by atoms with van der Waals surface area (Å²) in [6, 6.07) is 11.7. The van der Waals surface area contributed by atoms with E-state index in [1.165, 1.54) is 5.56 Å². The summed E-state index contributed by atoms with van der Waals surface area (Å²) >= 11 is 0. The Labute approximate surface area is 108 Å². The molecule has 3 heteroatoms. The smallest absolute Gasteiger partial charge is 0.423 e. The predicted molar refractivity (Wildman–Crippen MR) is 76.9 cm³/mol. The number of fused-ring (bicyclic) bond motifs is 1. The summed E-state index contributed by atoms with van der Waals surface area (Å²) in [6.45, 7) is 6.61. The first kappa shape index (κ1) is 13.1. The standard InChI is InChI=1S/C15H19BO2/c1-15(2,3)10-11-8-9-14(16(17)18)13-7-5-4-6-12(11)13/h4-9,17-18H,10H2,1-3H3. The molecule has 2 nitrogen and oxygen atoms in total. The third-order valence-electron chi connectivity index (χ3n) is 3.05.